The van der Waals surface area contributed by atoms with Gasteiger partial charge in [0.15, 0.2) is 0 Å². The van der Waals surface area contributed by atoms with Gasteiger partial charge in [-0.3, -0.25) is 4.79 Å². The normalized spacial score (nSPS) is 10.1. The third-order valence-corrected chi connectivity index (χ3v) is 0.654. The van der Waals surface area contributed by atoms with Crippen LogP contribution < -0.4 is 0 Å². The van der Waals surface area contributed by atoms with E-state index in [4.69, 9.17) is 16.9 Å². The summed E-state index contributed by atoms with van der Waals surface area (Å²) in [6.45, 7) is 0. The maximum absolute atomic E-state index is 10.1. The largest absolute Gasteiger partial charge is 0.398 e. The summed E-state index contributed by atoms with van der Waals surface area (Å²) >= 11 is 4.85. The minimum atomic E-state index is -0.917. The number of nitriles is 1. The number of nitrogens with zero attached hydrogens (tertiary/aromatic N) is 2. The van der Waals surface area contributed by atoms with Crippen LogP contribution in [0.5, 0.6) is 0 Å². The van der Waals surface area contributed by atoms with Crippen molar-refractivity contribution in [1.82, 2.24) is 0 Å². The molecular weight excluding hydrogens is 144 g/mol. The second kappa shape index (κ2) is 3.87. The lowest BCUT2D eigenvalue weighted by Gasteiger charge is -1.84. The fourth-order valence-electron chi connectivity index (χ4n) is 0.192. The molecule has 0 aromatic rings. The Morgan fingerprint density at radius 1 is 1.89 bits per heavy atom. The summed E-state index contributed by atoms with van der Waals surface area (Å²) in [5, 5.41) is 10.2. The molecule has 0 aliphatic heterocycles. The lowest BCUT2D eigenvalue weighted by Crippen LogP contribution is -2.03. The van der Waals surface area contributed by atoms with Gasteiger partial charge in [0.05, 0.1) is 0 Å². The van der Waals surface area contributed by atoms with E-state index in [1.807, 2.05) is 0 Å². The Hall–Kier alpha value is -1.08. The van der Waals surface area contributed by atoms with Crippen LogP contribution in [0.15, 0.2) is 5.16 Å². The Balaban J connectivity index is 4.20. The van der Waals surface area contributed by atoms with Crippen molar-refractivity contribution in [3.8, 4) is 6.07 Å². The standard InChI is InChI=1S/C4H3ClN2O2/c1-9-7-3(2-6)4(5)8/h1H3. The highest BCUT2D eigenvalue weighted by atomic mass is 35.5. The molecule has 0 aliphatic carbocycles. The van der Waals surface area contributed by atoms with Gasteiger partial charge in [-0.1, -0.05) is 5.16 Å². The monoisotopic (exact) mass is 146 g/mol. The van der Waals surface area contributed by atoms with Crippen molar-refractivity contribution in [2.24, 2.45) is 5.16 Å². The molecule has 0 saturated carbocycles. The topological polar surface area (TPSA) is 62.4 Å². The molecule has 0 unspecified atom stereocenters. The number of hydrogen-bond donors (Lipinski definition) is 0. The quantitative estimate of drug-likeness (QED) is 0.319. The molecule has 0 heterocycles. The number of rotatable bonds is 2. The molecule has 0 saturated heterocycles. The third kappa shape index (κ3) is 2.67. The van der Waals surface area contributed by atoms with Crippen LogP contribution in [0, 0.1) is 11.3 Å². The molecule has 0 atom stereocenters. The van der Waals surface area contributed by atoms with Crippen LogP contribution >= 0.6 is 11.6 Å². The van der Waals surface area contributed by atoms with Gasteiger partial charge in [-0.05, 0) is 11.6 Å². The van der Waals surface area contributed by atoms with Crippen molar-refractivity contribution >= 4 is 22.6 Å². The summed E-state index contributed by atoms with van der Waals surface area (Å²) in [7, 11) is 1.22. The average Bonchev–Trinajstić information content (AvgIpc) is 1.82. The van der Waals surface area contributed by atoms with Crippen molar-refractivity contribution in [3.05, 3.63) is 0 Å². The van der Waals surface area contributed by atoms with E-state index in [1.54, 1.807) is 0 Å². The lowest BCUT2D eigenvalue weighted by molar-refractivity contribution is -0.106. The van der Waals surface area contributed by atoms with Crippen molar-refractivity contribution in [1.29, 1.82) is 5.26 Å². The van der Waals surface area contributed by atoms with Gasteiger partial charge in [-0.25, -0.2) is 0 Å². The first-order valence-electron chi connectivity index (χ1n) is 1.93. The second-order valence-electron chi connectivity index (χ2n) is 1.01. The zero-order valence-corrected chi connectivity index (χ0v) is 5.34. The van der Waals surface area contributed by atoms with Gasteiger partial charge >= 0.3 is 0 Å². The molecule has 0 aromatic carbocycles. The predicted octanol–water partition coefficient (Wildman–Crippen LogP) is 0.278. The molecule has 9 heavy (non-hydrogen) atoms. The van der Waals surface area contributed by atoms with Gasteiger partial charge in [0.2, 0.25) is 5.71 Å². The molecule has 0 bridgehead atoms. The number of halogens is 1. The van der Waals surface area contributed by atoms with E-state index in [-0.39, 0.29) is 0 Å². The first-order chi connectivity index (χ1) is 4.22. The maximum Gasteiger partial charge on any atom is 0.285 e. The first-order valence-corrected chi connectivity index (χ1v) is 2.31. The Bertz CT molecular complexity index is 181. The van der Waals surface area contributed by atoms with Crippen molar-refractivity contribution in [2.75, 3.05) is 7.11 Å². The van der Waals surface area contributed by atoms with E-state index in [0.29, 0.717) is 0 Å². The summed E-state index contributed by atoms with van der Waals surface area (Å²) in [5.41, 5.74) is -0.445. The number of carbonyl (C=O) groups is 1. The van der Waals surface area contributed by atoms with Crippen molar-refractivity contribution in [2.45, 2.75) is 0 Å². The smallest absolute Gasteiger partial charge is 0.285 e. The summed E-state index contributed by atoms with van der Waals surface area (Å²) < 4.78 is 0. The van der Waals surface area contributed by atoms with Crippen molar-refractivity contribution in [3.63, 3.8) is 0 Å². The van der Waals surface area contributed by atoms with Crippen LogP contribution in [0.3, 0.4) is 0 Å². The van der Waals surface area contributed by atoms with E-state index >= 15 is 0 Å². The molecule has 5 heteroatoms. The number of oxime groups is 1. The summed E-state index contributed by atoms with van der Waals surface area (Å²) in [4.78, 5) is 14.2. The second-order valence-corrected chi connectivity index (χ2v) is 1.35. The Labute approximate surface area is 56.7 Å². The SMILES string of the molecule is CON=C(C#N)C(=O)Cl. The molecule has 0 rings (SSSR count). The van der Waals surface area contributed by atoms with E-state index in [2.05, 4.69) is 9.99 Å². The summed E-state index contributed by atoms with van der Waals surface area (Å²) in [5.74, 6) is 0. The Morgan fingerprint density at radius 3 is 2.56 bits per heavy atom. The van der Waals surface area contributed by atoms with Gasteiger partial charge in [-0.15, -0.1) is 0 Å². The van der Waals surface area contributed by atoms with Crippen LogP contribution in [0.2, 0.25) is 0 Å². The lowest BCUT2D eigenvalue weighted by atomic mass is 10.5. The zero-order chi connectivity index (χ0) is 7.28. The van der Waals surface area contributed by atoms with Gasteiger partial charge in [0.25, 0.3) is 5.24 Å². The molecule has 4 nitrogen and oxygen atoms in total. The maximum atomic E-state index is 10.1. The van der Waals surface area contributed by atoms with Gasteiger partial charge in [-0.2, -0.15) is 5.26 Å². The Morgan fingerprint density at radius 2 is 2.44 bits per heavy atom. The minimum Gasteiger partial charge on any atom is -0.398 e. The van der Waals surface area contributed by atoms with Gasteiger partial charge in [0.1, 0.15) is 13.2 Å². The highest BCUT2D eigenvalue weighted by Crippen LogP contribution is 1.85. The highest BCUT2D eigenvalue weighted by molar-refractivity contribution is 6.84. The van der Waals surface area contributed by atoms with Crippen LogP contribution in [0.25, 0.3) is 0 Å². The molecule has 0 amide bonds. The van der Waals surface area contributed by atoms with Gasteiger partial charge in [0, 0.05) is 0 Å². The van der Waals surface area contributed by atoms with Crippen LogP contribution in [-0.4, -0.2) is 18.1 Å². The Kier molecular flexibility index (Phi) is 3.40. The van der Waals surface area contributed by atoms with Crippen LogP contribution in [0.1, 0.15) is 0 Å². The molecule has 0 N–H and O–H groups in total. The molecule has 0 aromatic heterocycles. The fraction of sp³-hybridized carbons (Fsp3) is 0.250. The molecule has 0 spiro atoms. The predicted molar refractivity (Wildman–Crippen MR) is 30.9 cm³/mol. The molecule has 0 aliphatic rings. The molecule has 48 valence electrons. The summed E-state index contributed by atoms with van der Waals surface area (Å²) in [6, 6.07) is 1.45. The highest BCUT2D eigenvalue weighted by Gasteiger charge is 2.05. The van der Waals surface area contributed by atoms with E-state index in [9.17, 15) is 4.79 Å². The summed E-state index contributed by atoms with van der Waals surface area (Å²) in [6.07, 6.45) is 0. The molecule has 0 radical (unpaired) electrons. The number of carbonyl (C=O) groups excluding carboxylic acids is 1. The first kappa shape index (κ1) is 7.92. The fourth-order valence-corrected chi connectivity index (χ4v) is 0.268. The van der Waals surface area contributed by atoms with E-state index in [0.717, 1.165) is 0 Å². The van der Waals surface area contributed by atoms with Crippen LogP contribution in [0.4, 0.5) is 0 Å². The van der Waals surface area contributed by atoms with E-state index < -0.39 is 11.0 Å². The molecular formula is C4H3ClN2O2. The van der Waals surface area contributed by atoms with Crippen LogP contribution in [-0.2, 0) is 9.63 Å². The number of hydrogen-bond acceptors (Lipinski definition) is 4. The van der Waals surface area contributed by atoms with Crippen molar-refractivity contribution < 1.29 is 9.63 Å². The zero-order valence-electron chi connectivity index (χ0n) is 4.59. The average molecular weight is 147 g/mol. The van der Waals surface area contributed by atoms with Gasteiger partial charge < -0.3 is 4.84 Å². The van der Waals surface area contributed by atoms with E-state index in [1.165, 1.54) is 13.2 Å². The third-order valence-electron chi connectivity index (χ3n) is 0.475. The minimum absolute atomic E-state index is 0.445. The molecule has 0 fully saturated rings.